The summed E-state index contributed by atoms with van der Waals surface area (Å²) in [5, 5.41) is 10.5. The lowest BCUT2D eigenvalue weighted by Crippen LogP contribution is -2.35. The van der Waals surface area contributed by atoms with E-state index >= 15 is 0 Å². The van der Waals surface area contributed by atoms with Gasteiger partial charge in [0.2, 0.25) is 0 Å². The lowest BCUT2D eigenvalue weighted by molar-refractivity contribution is -0.0103. The van der Waals surface area contributed by atoms with E-state index in [1.165, 1.54) is 17.5 Å². The Morgan fingerprint density at radius 2 is 1.90 bits per heavy atom. The fraction of sp³-hybridized carbons (Fsp3) is 0.333. The molecular formula is C18H18O3. The van der Waals surface area contributed by atoms with Crippen LogP contribution in [0.25, 0.3) is 0 Å². The molecule has 2 atom stereocenters. The maximum absolute atomic E-state index is 10.5. The quantitative estimate of drug-likeness (QED) is 0.920. The normalized spacial score (nSPS) is 23.1. The summed E-state index contributed by atoms with van der Waals surface area (Å²) in [5.74, 6) is 1.57. The van der Waals surface area contributed by atoms with Gasteiger partial charge in [-0.25, -0.2) is 0 Å². The maximum Gasteiger partial charge on any atom is 0.163 e. The smallest absolute Gasteiger partial charge is 0.163 e. The highest BCUT2D eigenvalue weighted by Gasteiger charge is 2.31. The van der Waals surface area contributed by atoms with Crippen LogP contribution in [0.15, 0.2) is 42.5 Å². The highest BCUT2D eigenvalue weighted by Crippen LogP contribution is 2.34. The Morgan fingerprint density at radius 1 is 1.05 bits per heavy atom. The number of aliphatic hydroxyl groups excluding tert-OH is 1. The van der Waals surface area contributed by atoms with Crippen LogP contribution in [0.2, 0.25) is 0 Å². The SMILES string of the molecule is OC1c2ccccc2OCC1Oc1ccc2c(c1)CCC2. The molecule has 0 spiro atoms. The summed E-state index contributed by atoms with van der Waals surface area (Å²) in [6, 6.07) is 13.8. The predicted molar refractivity (Wildman–Crippen MR) is 79.8 cm³/mol. The zero-order valence-corrected chi connectivity index (χ0v) is 11.8. The average Bonchev–Trinajstić information content (AvgIpc) is 2.98. The second-order valence-corrected chi connectivity index (χ2v) is 5.73. The molecule has 0 saturated heterocycles. The van der Waals surface area contributed by atoms with E-state index in [9.17, 15) is 5.11 Å². The minimum Gasteiger partial charge on any atom is -0.489 e. The molecular weight excluding hydrogens is 264 g/mol. The predicted octanol–water partition coefficient (Wildman–Crippen LogP) is 3.05. The Morgan fingerprint density at radius 3 is 2.86 bits per heavy atom. The van der Waals surface area contributed by atoms with E-state index in [2.05, 4.69) is 12.1 Å². The first-order chi connectivity index (χ1) is 10.3. The number of hydrogen-bond donors (Lipinski definition) is 1. The molecule has 0 amide bonds. The lowest BCUT2D eigenvalue weighted by Gasteiger charge is -2.30. The van der Waals surface area contributed by atoms with Crippen LogP contribution in [0.5, 0.6) is 11.5 Å². The zero-order valence-electron chi connectivity index (χ0n) is 11.8. The van der Waals surface area contributed by atoms with Crippen LogP contribution in [0.3, 0.4) is 0 Å². The van der Waals surface area contributed by atoms with Gasteiger partial charge in [-0.15, -0.1) is 0 Å². The molecule has 0 aromatic heterocycles. The number of ether oxygens (including phenoxy) is 2. The van der Waals surface area contributed by atoms with Crippen molar-refractivity contribution in [3.63, 3.8) is 0 Å². The van der Waals surface area contributed by atoms with Gasteiger partial charge in [0.05, 0.1) is 0 Å². The number of benzene rings is 2. The Labute approximate surface area is 124 Å². The van der Waals surface area contributed by atoms with Gasteiger partial charge in [-0.3, -0.25) is 0 Å². The fourth-order valence-electron chi connectivity index (χ4n) is 3.21. The third-order valence-corrected chi connectivity index (χ3v) is 4.35. The summed E-state index contributed by atoms with van der Waals surface area (Å²) < 4.78 is 11.7. The third kappa shape index (κ3) is 2.28. The minimum absolute atomic E-state index is 0.362. The summed E-state index contributed by atoms with van der Waals surface area (Å²) in [6.07, 6.45) is 2.50. The summed E-state index contributed by atoms with van der Waals surface area (Å²) >= 11 is 0. The highest BCUT2D eigenvalue weighted by molar-refractivity contribution is 5.40. The van der Waals surface area contributed by atoms with Crippen molar-refractivity contribution < 1.29 is 14.6 Å². The summed E-state index contributed by atoms with van der Waals surface area (Å²) in [7, 11) is 0. The molecule has 0 saturated carbocycles. The minimum atomic E-state index is -0.650. The van der Waals surface area contributed by atoms with Gasteiger partial charge in [0, 0.05) is 5.56 Å². The molecule has 1 N–H and O–H groups in total. The Bertz CT molecular complexity index is 665. The average molecular weight is 282 g/mol. The van der Waals surface area contributed by atoms with Crippen molar-refractivity contribution in [3.8, 4) is 11.5 Å². The van der Waals surface area contributed by atoms with Gasteiger partial charge in [-0.1, -0.05) is 24.3 Å². The molecule has 3 nitrogen and oxygen atoms in total. The van der Waals surface area contributed by atoms with Crippen LogP contribution in [0.4, 0.5) is 0 Å². The van der Waals surface area contributed by atoms with E-state index in [1.807, 2.05) is 30.3 Å². The first-order valence-corrected chi connectivity index (χ1v) is 7.49. The molecule has 2 aliphatic rings. The number of rotatable bonds is 2. The second kappa shape index (κ2) is 5.08. The molecule has 1 aliphatic heterocycles. The monoisotopic (exact) mass is 282 g/mol. The topological polar surface area (TPSA) is 38.7 Å². The Kier molecular flexibility index (Phi) is 3.08. The Balaban J connectivity index is 1.56. The van der Waals surface area contributed by atoms with Gasteiger partial charge < -0.3 is 14.6 Å². The van der Waals surface area contributed by atoms with E-state index in [-0.39, 0.29) is 6.10 Å². The molecule has 2 aromatic carbocycles. The van der Waals surface area contributed by atoms with Crippen LogP contribution in [-0.4, -0.2) is 17.8 Å². The molecule has 2 unspecified atom stereocenters. The molecule has 21 heavy (non-hydrogen) atoms. The first-order valence-electron chi connectivity index (χ1n) is 7.49. The van der Waals surface area contributed by atoms with Gasteiger partial charge in [-0.05, 0) is 48.6 Å². The van der Waals surface area contributed by atoms with Crippen molar-refractivity contribution in [2.75, 3.05) is 6.61 Å². The first kappa shape index (κ1) is 12.7. The van der Waals surface area contributed by atoms with Gasteiger partial charge in [0.15, 0.2) is 6.10 Å². The molecule has 3 heteroatoms. The van der Waals surface area contributed by atoms with Crippen LogP contribution in [0, 0.1) is 0 Å². The lowest BCUT2D eigenvalue weighted by atomic mass is 10.0. The van der Waals surface area contributed by atoms with Crippen molar-refractivity contribution in [1.82, 2.24) is 0 Å². The van der Waals surface area contributed by atoms with Crippen LogP contribution >= 0.6 is 0 Å². The number of aliphatic hydroxyl groups is 1. The highest BCUT2D eigenvalue weighted by atomic mass is 16.5. The van der Waals surface area contributed by atoms with Gasteiger partial charge in [0.25, 0.3) is 0 Å². The number of fused-ring (bicyclic) bond motifs is 2. The molecule has 4 rings (SSSR count). The van der Waals surface area contributed by atoms with Gasteiger partial charge >= 0.3 is 0 Å². The van der Waals surface area contributed by atoms with E-state index in [0.717, 1.165) is 29.9 Å². The van der Waals surface area contributed by atoms with Crippen molar-refractivity contribution in [2.45, 2.75) is 31.5 Å². The van der Waals surface area contributed by atoms with E-state index in [1.54, 1.807) is 0 Å². The summed E-state index contributed by atoms with van der Waals surface area (Å²) in [6.45, 7) is 0.370. The Hall–Kier alpha value is -2.00. The second-order valence-electron chi connectivity index (χ2n) is 5.73. The van der Waals surface area contributed by atoms with Crippen molar-refractivity contribution in [2.24, 2.45) is 0 Å². The van der Waals surface area contributed by atoms with E-state index in [0.29, 0.717) is 6.61 Å². The molecule has 0 fully saturated rings. The van der Waals surface area contributed by atoms with Gasteiger partial charge in [-0.2, -0.15) is 0 Å². The third-order valence-electron chi connectivity index (χ3n) is 4.35. The largest absolute Gasteiger partial charge is 0.489 e. The standard InChI is InChI=1S/C18H18O3/c19-18-15-6-1-2-7-16(15)20-11-17(18)21-14-9-8-12-4-3-5-13(12)10-14/h1-2,6-10,17-19H,3-5,11H2. The fourth-order valence-corrected chi connectivity index (χ4v) is 3.21. The molecule has 108 valence electrons. The molecule has 1 heterocycles. The maximum atomic E-state index is 10.5. The van der Waals surface area contributed by atoms with E-state index in [4.69, 9.17) is 9.47 Å². The van der Waals surface area contributed by atoms with Crippen LogP contribution < -0.4 is 9.47 Å². The molecule has 0 radical (unpaired) electrons. The van der Waals surface area contributed by atoms with Crippen LogP contribution in [-0.2, 0) is 12.8 Å². The number of aryl methyl sites for hydroxylation is 2. The van der Waals surface area contributed by atoms with E-state index < -0.39 is 6.10 Å². The number of para-hydroxylation sites is 1. The molecule has 2 aromatic rings. The zero-order chi connectivity index (χ0) is 14.2. The summed E-state index contributed by atoms with van der Waals surface area (Å²) in [4.78, 5) is 0. The van der Waals surface area contributed by atoms with Crippen LogP contribution in [0.1, 0.15) is 29.2 Å². The van der Waals surface area contributed by atoms with Crippen molar-refractivity contribution in [3.05, 3.63) is 59.2 Å². The molecule has 1 aliphatic carbocycles. The number of hydrogen-bond acceptors (Lipinski definition) is 3. The molecule has 0 bridgehead atoms. The van der Waals surface area contributed by atoms with Crippen molar-refractivity contribution >= 4 is 0 Å². The van der Waals surface area contributed by atoms with Crippen molar-refractivity contribution in [1.29, 1.82) is 0 Å². The summed E-state index contributed by atoms with van der Waals surface area (Å²) in [5.41, 5.74) is 3.60. The van der Waals surface area contributed by atoms with Gasteiger partial charge in [0.1, 0.15) is 24.2 Å².